The van der Waals surface area contributed by atoms with Gasteiger partial charge in [-0.05, 0) is 42.3 Å². The molecule has 0 saturated heterocycles. The largest absolute Gasteiger partial charge is 0.325 e. The summed E-state index contributed by atoms with van der Waals surface area (Å²) in [6, 6.07) is 11.3. The molecule has 0 aliphatic rings. The maximum Gasteiger partial charge on any atom is 0.241 e. The molecule has 2 rings (SSSR count). The number of benzene rings is 1. The highest BCUT2D eigenvalue weighted by atomic mass is 35.5. The Balaban J connectivity index is 0.00000242. The van der Waals surface area contributed by atoms with E-state index in [4.69, 9.17) is 5.73 Å². The number of nitrogens with one attached hydrogen (secondary N) is 1. The van der Waals surface area contributed by atoms with Crippen LogP contribution in [0.4, 0.5) is 5.69 Å². The zero-order valence-corrected chi connectivity index (χ0v) is 15.2. The smallest absolute Gasteiger partial charge is 0.241 e. The van der Waals surface area contributed by atoms with Gasteiger partial charge in [0, 0.05) is 28.7 Å². The Morgan fingerprint density at radius 3 is 2.52 bits per heavy atom. The fourth-order valence-electron chi connectivity index (χ4n) is 1.71. The van der Waals surface area contributed by atoms with Gasteiger partial charge in [-0.1, -0.05) is 13.0 Å². The molecular weight excluding hydrogens is 353 g/mol. The van der Waals surface area contributed by atoms with Crippen molar-refractivity contribution in [3.8, 4) is 0 Å². The van der Waals surface area contributed by atoms with E-state index in [1.54, 1.807) is 18.0 Å². The molecule has 1 atom stereocenters. The Hall–Kier alpha value is -1.27. The van der Waals surface area contributed by atoms with E-state index in [0.29, 0.717) is 6.42 Å². The molecule has 7 heteroatoms. The number of nitrogens with two attached hydrogens (primary N) is 1. The molecule has 3 N–H and O–H groups in total. The Kier molecular flexibility index (Phi) is 10.7. The molecule has 0 aliphatic heterocycles. The highest BCUT2D eigenvalue weighted by molar-refractivity contribution is 7.98. The van der Waals surface area contributed by atoms with E-state index in [1.807, 2.05) is 43.5 Å². The molecule has 1 aromatic carbocycles. The summed E-state index contributed by atoms with van der Waals surface area (Å²) < 4.78 is 0. The van der Waals surface area contributed by atoms with Gasteiger partial charge in [-0.3, -0.25) is 9.78 Å². The van der Waals surface area contributed by atoms with Gasteiger partial charge in [0.1, 0.15) is 0 Å². The number of nitrogens with zero attached hydrogens (tertiary/aromatic N) is 1. The Bertz CT molecular complexity index is 582. The highest BCUT2D eigenvalue weighted by Crippen LogP contribution is 2.23. The third kappa shape index (κ3) is 7.22. The number of hydrogen-bond donors (Lipinski definition) is 2. The third-order valence-electron chi connectivity index (χ3n) is 3.03. The van der Waals surface area contributed by atoms with Gasteiger partial charge in [-0.25, -0.2) is 0 Å². The van der Waals surface area contributed by atoms with Crippen LogP contribution >= 0.6 is 36.6 Å². The van der Waals surface area contributed by atoms with Crippen molar-refractivity contribution in [2.75, 3.05) is 5.32 Å². The second kappa shape index (κ2) is 11.3. The summed E-state index contributed by atoms with van der Waals surface area (Å²) in [4.78, 5) is 16.9. The molecule has 23 heavy (non-hydrogen) atoms. The minimum Gasteiger partial charge on any atom is -0.325 e. The van der Waals surface area contributed by atoms with E-state index in [9.17, 15) is 4.79 Å². The van der Waals surface area contributed by atoms with Crippen molar-refractivity contribution in [2.45, 2.75) is 30.0 Å². The second-order valence-corrected chi connectivity index (χ2v) is 5.73. The van der Waals surface area contributed by atoms with Crippen LogP contribution in [0.25, 0.3) is 0 Å². The molecule has 1 heterocycles. The molecule has 0 radical (unpaired) electrons. The highest BCUT2D eigenvalue weighted by Gasteiger charge is 2.10. The predicted molar refractivity (Wildman–Crippen MR) is 102 cm³/mol. The number of pyridine rings is 1. The number of rotatable bonds is 6. The van der Waals surface area contributed by atoms with Crippen molar-refractivity contribution < 1.29 is 4.79 Å². The molecule has 126 valence electrons. The number of hydrogen-bond acceptors (Lipinski definition) is 4. The Morgan fingerprint density at radius 2 is 1.96 bits per heavy atom. The quantitative estimate of drug-likeness (QED) is 0.753. The standard InChI is InChI=1S/C16H19N3OS.2ClH/c1-2-15(17)16(20)19-13-5-7-14(8-6-13)21-11-12-4-3-9-18-10-12;;/h3-10,15H,2,11,17H2,1H3,(H,19,20);2*1H/t15-;;/m0../s1. The van der Waals surface area contributed by atoms with Crippen molar-refractivity contribution >= 4 is 48.2 Å². The summed E-state index contributed by atoms with van der Waals surface area (Å²) in [5, 5.41) is 2.81. The maximum absolute atomic E-state index is 11.7. The average molecular weight is 374 g/mol. The molecule has 1 aromatic heterocycles. The van der Waals surface area contributed by atoms with E-state index >= 15 is 0 Å². The molecule has 0 spiro atoms. The van der Waals surface area contributed by atoms with E-state index in [0.717, 1.165) is 16.3 Å². The van der Waals surface area contributed by atoms with Crippen molar-refractivity contribution in [1.82, 2.24) is 4.98 Å². The van der Waals surface area contributed by atoms with Crippen molar-refractivity contribution in [3.63, 3.8) is 0 Å². The van der Waals surface area contributed by atoms with E-state index in [2.05, 4.69) is 16.4 Å². The van der Waals surface area contributed by atoms with Crippen LogP contribution in [0.5, 0.6) is 0 Å². The first-order chi connectivity index (χ1) is 10.2. The lowest BCUT2D eigenvalue weighted by atomic mass is 10.2. The van der Waals surface area contributed by atoms with Gasteiger partial charge in [-0.15, -0.1) is 36.6 Å². The number of thioether (sulfide) groups is 1. The van der Waals surface area contributed by atoms with Gasteiger partial charge in [0.25, 0.3) is 0 Å². The number of amides is 1. The third-order valence-corrected chi connectivity index (χ3v) is 4.11. The van der Waals surface area contributed by atoms with Crippen LogP contribution in [0.3, 0.4) is 0 Å². The van der Waals surface area contributed by atoms with Crippen LogP contribution in [0, 0.1) is 0 Å². The fraction of sp³-hybridized carbons (Fsp3) is 0.250. The monoisotopic (exact) mass is 373 g/mol. The van der Waals surface area contributed by atoms with Crippen LogP contribution < -0.4 is 11.1 Å². The topological polar surface area (TPSA) is 68.0 Å². The summed E-state index contributed by atoms with van der Waals surface area (Å²) in [5.74, 6) is 0.730. The fourth-order valence-corrected chi connectivity index (χ4v) is 2.54. The van der Waals surface area contributed by atoms with E-state index < -0.39 is 6.04 Å². The lowest BCUT2D eigenvalue weighted by Gasteiger charge is -2.10. The van der Waals surface area contributed by atoms with Crippen molar-refractivity contribution in [3.05, 3.63) is 54.4 Å². The van der Waals surface area contributed by atoms with Gasteiger partial charge < -0.3 is 11.1 Å². The average Bonchev–Trinajstić information content (AvgIpc) is 2.54. The van der Waals surface area contributed by atoms with Gasteiger partial charge in [-0.2, -0.15) is 0 Å². The summed E-state index contributed by atoms with van der Waals surface area (Å²) in [6.07, 6.45) is 4.27. The van der Waals surface area contributed by atoms with E-state index in [1.165, 1.54) is 5.56 Å². The number of halogens is 2. The number of anilines is 1. The zero-order chi connectivity index (χ0) is 15.1. The summed E-state index contributed by atoms with van der Waals surface area (Å²) in [6.45, 7) is 1.89. The van der Waals surface area contributed by atoms with Crippen LogP contribution in [-0.4, -0.2) is 16.9 Å². The molecule has 0 fully saturated rings. The molecule has 2 aromatic rings. The Morgan fingerprint density at radius 1 is 1.26 bits per heavy atom. The SMILES string of the molecule is CC[C@H](N)C(=O)Nc1ccc(SCc2cccnc2)cc1.Cl.Cl. The zero-order valence-electron chi connectivity index (χ0n) is 12.8. The minimum atomic E-state index is -0.454. The van der Waals surface area contributed by atoms with Crippen LogP contribution in [-0.2, 0) is 10.5 Å². The van der Waals surface area contributed by atoms with Gasteiger partial charge in [0.05, 0.1) is 6.04 Å². The molecule has 1 amide bonds. The van der Waals surface area contributed by atoms with Gasteiger partial charge in [0.2, 0.25) is 5.91 Å². The molecule has 0 aliphatic carbocycles. The first-order valence-electron chi connectivity index (χ1n) is 6.87. The molecule has 4 nitrogen and oxygen atoms in total. The lowest BCUT2D eigenvalue weighted by molar-refractivity contribution is -0.117. The molecule has 0 bridgehead atoms. The Labute approximate surface area is 153 Å². The number of carbonyl (C=O) groups is 1. The summed E-state index contributed by atoms with van der Waals surface area (Å²) in [5.41, 5.74) is 7.65. The molecule has 0 saturated carbocycles. The van der Waals surface area contributed by atoms with Crippen molar-refractivity contribution in [2.24, 2.45) is 5.73 Å². The predicted octanol–water partition coefficient (Wildman–Crippen LogP) is 3.89. The maximum atomic E-state index is 11.7. The number of aromatic nitrogens is 1. The van der Waals surface area contributed by atoms with Crippen LogP contribution in [0.15, 0.2) is 53.7 Å². The van der Waals surface area contributed by atoms with Crippen LogP contribution in [0.2, 0.25) is 0 Å². The first kappa shape index (κ1) is 21.7. The summed E-state index contributed by atoms with van der Waals surface area (Å²) in [7, 11) is 0. The molecular formula is C16H21Cl2N3OS. The lowest BCUT2D eigenvalue weighted by Crippen LogP contribution is -2.34. The van der Waals surface area contributed by atoms with Gasteiger partial charge in [0.15, 0.2) is 0 Å². The second-order valence-electron chi connectivity index (χ2n) is 4.68. The van der Waals surface area contributed by atoms with Crippen LogP contribution in [0.1, 0.15) is 18.9 Å². The minimum absolute atomic E-state index is 0. The van der Waals surface area contributed by atoms with E-state index in [-0.39, 0.29) is 30.7 Å². The number of carbonyl (C=O) groups excluding carboxylic acids is 1. The normalized spacial score (nSPS) is 10.9. The molecule has 0 unspecified atom stereocenters. The summed E-state index contributed by atoms with van der Waals surface area (Å²) >= 11 is 1.73. The van der Waals surface area contributed by atoms with Gasteiger partial charge >= 0.3 is 0 Å². The van der Waals surface area contributed by atoms with Crippen molar-refractivity contribution in [1.29, 1.82) is 0 Å². The first-order valence-corrected chi connectivity index (χ1v) is 7.86.